The number of nitrogens with one attached hydrogen (secondary N) is 1. The monoisotopic (exact) mass is 370 g/mol. The third-order valence-corrected chi connectivity index (χ3v) is 5.43. The van der Waals surface area contributed by atoms with E-state index in [1.807, 2.05) is 19.9 Å². The van der Waals surface area contributed by atoms with Gasteiger partial charge in [-0.1, -0.05) is 19.1 Å². The molecule has 1 atom stereocenters. The molecule has 5 heteroatoms. The lowest BCUT2D eigenvalue weighted by atomic mass is 10.0. The van der Waals surface area contributed by atoms with E-state index in [9.17, 15) is 4.39 Å². The number of aryl methyl sites for hydroxylation is 2. The Morgan fingerprint density at radius 3 is 2.76 bits per heavy atom. The molecule has 2 rings (SSSR count). The minimum atomic E-state index is -0.209. The highest BCUT2D eigenvalue weighted by molar-refractivity contribution is 9.10. The molecular formula is C16H20BrFN2S. The van der Waals surface area contributed by atoms with Crippen molar-refractivity contribution in [3.63, 3.8) is 0 Å². The first-order valence-electron chi connectivity index (χ1n) is 7.13. The average Bonchev–Trinajstić information content (AvgIpc) is 2.78. The molecule has 1 aromatic heterocycles. The highest BCUT2D eigenvalue weighted by Gasteiger charge is 2.19. The fourth-order valence-corrected chi connectivity index (χ4v) is 3.80. The highest BCUT2D eigenvalue weighted by atomic mass is 79.9. The van der Waals surface area contributed by atoms with E-state index in [0.29, 0.717) is 4.47 Å². The summed E-state index contributed by atoms with van der Waals surface area (Å²) in [4.78, 5) is 5.76. The number of hydrogen-bond acceptors (Lipinski definition) is 3. The Kier molecular flexibility index (Phi) is 5.90. The van der Waals surface area contributed by atoms with Gasteiger partial charge in [0.25, 0.3) is 0 Å². The maximum absolute atomic E-state index is 13.7. The fraction of sp³-hybridized carbons (Fsp3) is 0.438. The van der Waals surface area contributed by atoms with E-state index in [-0.39, 0.29) is 11.9 Å². The summed E-state index contributed by atoms with van der Waals surface area (Å²) in [7, 11) is 0. The van der Waals surface area contributed by atoms with Gasteiger partial charge in [-0.05, 0) is 60.8 Å². The van der Waals surface area contributed by atoms with Crippen molar-refractivity contribution in [3.8, 4) is 0 Å². The van der Waals surface area contributed by atoms with Crippen molar-refractivity contribution >= 4 is 27.3 Å². The van der Waals surface area contributed by atoms with E-state index in [1.165, 1.54) is 10.9 Å². The van der Waals surface area contributed by atoms with Crippen molar-refractivity contribution in [2.24, 2.45) is 0 Å². The third-order valence-electron chi connectivity index (χ3n) is 3.35. The van der Waals surface area contributed by atoms with E-state index in [4.69, 9.17) is 0 Å². The van der Waals surface area contributed by atoms with E-state index in [1.54, 1.807) is 17.4 Å². The number of rotatable bonds is 6. The van der Waals surface area contributed by atoms with Gasteiger partial charge in [0, 0.05) is 10.9 Å². The molecule has 0 radical (unpaired) electrons. The Balaban J connectivity index is 2.28. The van der Waals surface area contributed by atoms with Gasteiger partial charge in [0.1, 0.15) is 5.82 Å². The van der Waals surface area contributed by atoms with E-state index in [2.05, 4.69) is 33.2 Å². The predicted octanol–water partition coefficient (Wildman–Crippen LogP) is 4.94. The molecule has 0 aliphatic rings. The van der Waals surface area contributed by atoms with Gasteiger partial charge in [0.15, 0.2) is 0 Å². The first kappa shape index (κ1) is 16.6. The topological polar surface area (TPSA) is 24.9 Å². The second-order valence-electron chi connectivity index (χ2n) is 5.11. The van der Waals surface area contributed by atoms with Gasteiger partial charge < -0.3 is 5.32 Å². The maximum atomic E-state index is 13.7. The molecule has 0 bridgehead atoms. The van der Waals surface area contributed by atoms with E-state index >= 15 is 0 Å². The summed E-state index contributed by atoms with van der Waals surface area (Å²) in [6, 6.07) is 5.38. The summed E-state index contributed by atoms with van der Waals surface area (Å²) in [5.41, 5.74) is 2.05. The molecule has 2 aromatic rings. The zero-order valence-corrected chi connectivity index (χ0v) is 14.9. The summed E-state index contributed by atoms with van der Waals surface area (Å²) in [6.45, 7) is 7.15. The summed E-state index contributed by atoms with van der Waals surface area (Å²) in [5.74, 6) is -0.209. The lowest BCUT2D eigenvalue weighted by Crippen LogP contribution is -2.24. The Morgan fingerprint density at radius 2 is 2.14 bits per heavy atom. The van der Waals surface area contributed by atoms with Crippen LogP contribution in [0, 0.1) is 19.7 Å². The zero-order chi connectivity index (χ0) is 15.4. The van der Waals surface area contributed by atoms with Crippen LogP contribution in [0.4, 0.5) is 4.39 Å². The highest BCUT2D eigenvalue weighted by Crippen LogP contribution is 2.30. The lowest BCUT2D eigenvalue weighted by Gasteiger charge is -2.19. The number of aromatic nitrogens is 1. The number of halogens is 2. The van der Waals surface area contributed by atoms with Gasteiger partial charge in [-0.2, -0.15) is 0 Å². The normalized spacial score (nSPS) is 12.6. The molecule has 114 valence electrons. The molecule has 21 heavy (non-hydrogen) atoms. The number of thiazole rings is 1. The summed E-state index contributed by atoms with van der Waals surface area (Å²) < 4.78 is 14.3. The van der Waals surface area contributed by atoms with Gasteiger partial charge in [-0.15, -0.1) is 11.3 Å². The largest absolute Gasteiger partial charge is 0.309 e. The molecule has 0 fully saturated rings. The van der Waals surface area contributed by atoms with Crippen molar-refractivity contribution in [3.05, 3.63) is 49.6 Å². The van der Waals surface area contributed by atoms with Crippen molar-refractivity contribution in [1.29, 1.82) is 0 Å². The average molecular weight is 371 g/mol. The number of hydrogen-bond donors (Lipinski definition) is 1. The summed E-state index contributed by atoms with van der Waals surface area (Å²) in [6.07, 6.45) is 1.82. The van der Waals surface area contributed by atoms with Crippen LogP contribution in [0.5, 0.6) is 0 Å². The molecule has 0 spiro atoms. The summed E-state index contributed by atoms with van der Waals surface area (Å²) in [5, 5.41) is 4.64. The van der Waals surface area contributed by atoms with Crippen LogP contribution in [-0.2, 0) is 6.42 Å². The van der Waals surface area contributed by atoms with Gasteiger partial charge in [0.2, 0.25) is 0 Å². The molecule has 0 aliphatic carbocycles. The Hall–Kier alpha value is -0.780. The first-order chi connectivity index (χ1) is 10.0. The Labute approximate surface area is 137 Å². The Morgan fingerprint density at radius 1 is 1.38 bits per heavy atom. The molecule has 0 aliphatic heterocycles. The lowest BCUT2D eigenvalue weighted by molar-refractivity contribution is 0.530. The quantitative estimate of drug-likeness (QED) is 0.778. The zero-order valence-electron chi connectivity index (χ0n) is 12.5. The van der Waals surface area contributed by atoms with Gasteiger partial charge in [-0.3, -0.25) is 0 Å². The molecule has 0 amide bonds. The van der Waals surface area contributed by atoms with Gasteiger partial charge in [0.05, 0.1) is 15.2 Å². The van der Waals surface area contributed by atoms with Crippen molar-refractivity contribution in [2.75, 3.05) is 6.54 Å². The summed E-state index contributed by atoms with van der Waals surface area (Å²) >= 11 is 5.08. The number of nitrogens with zero attached hydrogens (tertiary/aromatic N) is 1. The van der Waals surface area contributed by atoms with E-state index < -0.39 is 0 Å². The van der Waals surface area contributed by atoms with Gasteiger partial charge >= 0.3 is 0 Å². The van der Waals surface area contributed by atoms with Crippen molar-refractivity contribution in [1.82, 2.24) is 10.3 Å². The minimum absolute atomic E-state index is 0.175. The second-order valence-corrected chi connectivity index (χ2v) is 7.13. The minimum Gasteiger partial charge on any atom is -0.309 e. The third kappa shape index (κ3) is 4.11. The van der Waals surface area contributed by atoms with Crippen LogP contribution in [-0.4, -0.2) is 11.5 Å². The van der Waals surface area contributed by atoms with Crippen molar-refractivity contribution in [2.45, 2.75) is 39.7 Å². The van der Waals surface area contributed by atoms with Crippen LogP contribution < -0.4 is 5.32 Å². The predicted molar refractivity (Wildman–Crippen MR) is 90.4 cm³/mol. The van der Waals surface area contributed by atoms with E-state index in [0.717, 1.165) is 35.7 Å². The maximum Gasteiger partial charge on any atom is 0.137 e. The van der Waals surface area contributed by atoms with Gasteiger partial charge in [-0.25, -0.2) is 9.37 Å². The molecule has 0 saturated carbocycles. The van der Waals surface area contributed by atoms with Crippen LogP contribution in [0.15, 0.2) is 22.7 Å². The van der Waals surface area contributed by atoms with Crippen LogP contribution in [0.25, 0.3) is 0 Å². The van der Waals surface area contributed by atoms with Crippen molar-refractivity contribution < 1.29 is 4.39 Å². The smallest absolute Gasteiger partial charge is 0.137 e. The standard InChI is InChI=1S/C16H20BrFN2S/c1-4-8-19-14(16-10(2)20-11(3)21-16)9-12-6-5-7-13(18)15(12)17/h5-7,14,19H,4,8-9H2,1-3H3. The fourth-order valence-electron chi connectivity index (χ4n) is 2.37. The molecule has 1 aromatic carbocycles. The SMILES string of the molecule is CCCNC(Cc1cccc(F)c1Br)c1sc(C)nc1C. The molecule has 2 nitrogen and oxygen atoms in total. The Bertz CT molecular complexity index is 612. The molecule has 1 N–H and O–H groups in total. The van der Waals surface area contributed by atoms with Crippen LogP contribution in [0.1, 0.15) is 40.5 Å². The van der Waals surface area contributed by atoms with Crippen LogP contribution >= 0.6 is 27.3 Å². The molecule has 0 saturated heterocycles. The van der Waals surface area contributed by atoms with Crippen LogP contribution in [0.3, 0.4) is 0 Å². The first-order valence-corrected chi connectivity index (χ1v) is 8.74. The molecule has 1 heterocycles. The number of benzene rings is 1. The molecular weight excluding hydrogens is 351 g/mol. The van der Waals surface area contributed by atoms with Crippen LogP contribution in [0.2, 0.25) is 0 Å². The second kappa shape index (κ2) is 7.47. The molecule has 1 unspecified atom stereocenters.